The van der Waals surface area contributed by atoms with E-state index in [0.717, 1.165) is 0 Å². The molecule has 2 aliphatic rings. The summed E-state index contributed by atoms with van der Waals surface area (Å²) in [5.74, 6) is -1.26. The molecule has 8 nitrogen and oxygen atoms in total. The summed E-state index contributed by atoms with van der Waals surface area (Å²) in [5, 5.41) is 5.47. The van der Waals surface area contributed by atoms with Crippen molar-refractivity contribution in [2.24, 2.45) is 5.92 Å². The smallest absolute Gasteiger partial charge is 0.338 e. The van der Waals surface area contributed by atoms with E-state index in [1.54, 1.807) is 13.8 Å². The number of amides is 2. The molecule has 2 heterocycles. The van der Waals surface area contributed by atoms with Crippen LogP contribution in [-0.2, 0) is 19.1 Å². The van der Waals surface area contributed by atoms with E-state index < -0.39 is 23.9 Å². The van der Waals surface area contributed by atoms with Gasteiger partial charge in [-0.15, -0.1) is 0 Å². The van der Waals surface area contributed by atoms with Crippen molar-refractivity contribution in [1.82, 2.24) is 15.5 Å². The van der Waals surface area contributed by atoms with Crippen LogP contribution in [0.15, 0.2) is 35.5 Å². The van der Waals surface area contributed by atoms with E-state index in [4.69, 9.17) is 9.47 Å². The summed E-state index contributed by atoms with van der Waals surface area (Å²) in [5.41, 5.74) is 1.32. The Hall–Kier alpha value is -2.94. The topological polar surface area (TPSA) is 97.0 Å². The summed E-state index contributed by atoms with van der Waals surface area (Å²) in [6.07, 6.45) is 1.29. The third-order valence-electron chi connectivity index (χ3n) is 5.44. The molecule has 1 atom stereocenters. The number of urea groups is 1. The summed E-state index contributed by atoms with van der Waals surface area (Å²) >= 11 is 0. The van der Waals surface area contributed by atoms with E-state index >= 15 is 0 Å². The van der Waals surface area contributed by atoms with Gasteiger partial charge in [-0.3, -0.25) is 9.69 Å². The zero-order chi connectivity index (χ0) is 22.4. The number of esters is 2. The minimum absolute atomic E-state index is 0.135. The number of hydrogen-bond donors (Lipinski definition) is 2. The third kappa shape index (κ3) is 5.61. The third-order valence-corrected chi connectivity index (χ3v) is 5.44. The average molecular weight is 433 g/mol. The Kier molecular flexibility index (Phi) is 7.62. The quantitative estimate of drug-likeness (QED) is 0.641. The second-order valence-electron chi connectivity index (χ2n) is 7.50. The fraction of sp³-hybridized carbons (Fsp3) is 0.500. The van der Waals surface area contributed by atoms with Gasteiger partial charge in [0.25, 0.3) is 0 Å². The highest BCUT2D eigenvalue weighted by molar-refractivity contribution is 5.95. The van der Waals surface area contributed by atoms with Gasteiger partial charge in [0.2, 0.25) is 0 Å². The number of ether oxygens (including phenoxy) is 2. The Bertz CT molecular complexity index is 847. The molecule has 1 aromatic carbocycles. The van der Waals surface area contributed by atoms with E-state index in [-0.39, 0.29) is 18.5 Å². The standard InChI is InChI=1S/C22H28FN3O5/c1-3-30-20(27)15-9-11-26(12-10-15)13-17-18(21(28)31-4-2)19(25-22(29)24-17)14-5-7-16(23)8-6-14/h5-8,15,19H,3-4,9-13H2,1-2H3,(H2,24,25,29). The first-order chi connectivity index (χ1) is 14.9. The van der Waals surface area contributed by atoms with Crippen molar-refractivity contribution in [1.29, 1.82) is 0 Å². The van der Waals surface area contributed by atoms with Crippen molar-refractivity contribution < 1.29 is 28.2 Å². The fourth-order valence-corrected chi connectivity index (χ4v) is 3.91. The highest BCUT2D eigenvalue weighted by Gasteiger charge is 2.35. The minimum Gasteiger partial charge on any atom is -0.466 e. The molecule has 31 heavy (non-hydrogen) atoms. The molecular formula is C22H28FN3O5. The van der Waals surface area contributed by atoms with Crippen molar-refractivity contribution in [3.63, 3.8) is 0 Å². The molecule has 1 saturated heterocycles. The van der Waals surface area contributed by atoms with E-state index in [0.29, 0.717) is 55.9 Å². The number of hydrogen-bond acceptors (Lipinski definition) is 6. The normalized spacial score (nSPS) is 20.1. The van der Waals surface area contributed by atoms with Gasteiger partial charge in [-0.2, -0.15) is 0 Å². The van der Waals surface area contributed by atoms with Crippen LogP contribution in [0.5, 0.6) is 0 Å². The molecule has 0 aliphatic carbocycles. The van der Waals surface area contributed by atoms with Gasteiger partial charge in [-0.05, 0) is 57.5 Å². The first-order valence-corrected chi connectivity index (χ1v) is 10.5. The van der Waals surface area contributed by atoms with Gasteiger partial charge in [0.1, 0.15) is 5.82 Å². The van der Waals surface area contributed by atoms with Crippen molar-refractivity contribution >= 4 is 18.0 Å². The monoisotopic (exact) mass is 433 g/mol. The number of carbonyl (C=O) groups excluding carboxylic acids is 3. The number of likely N-dealkylation sites (tertiary alicyclic amines) is 1. The van der Waals surface area contributed by atoms with Crippen LogP contribution in [0.2, 0.25) is 0 Å². The Labute approximate surface area is 180 Å². The maximum atomic E-state index is 13.4. The first kappa shape index (κ1) is 22.7. The maximum Gasteiger partial charge on any atom is 0.338 e. The first-order valence-electron chi connectivity index (χ1n) is 10.5. The van der Waals surface area contributed by atoms with Gasteiger partial charge in [0.05, 0.1) is 30.7 Å². The van der Waals surface area contributed by atoms with Gasteiger partial charge >= 0.3 is 18.0 Å². The van der Waals surface area contributed by atoms with Crippen LogP contribution in [0.4, 0.5) is 9.18 Å². The molecule has 1 aromatic rings. The van der Waals surface area contributed by atoms with Gasteiger partial charge in [-0.1, -0.05) is 12.1 Å². The van der Waals surface area contributed by atoms with Crippen LogP contribution in [0.1, 0.15) is 38.3 Å². The Balaban J connectivity index is 1.82. The molecule has 2 amide bonds. The van der Waals surface area contributed by atoms with Gasteiger partial charge in [-0.25, -0.2) is 14.0 Å². The zero-order valence-electron chi connectivity index (χ0n) is 17.8. The molecule has 1 fully saturated rings. The summed E-state index contributed by atoms with van der Waals surface area (Å²) in [4.78, 5) is 39.2. The van der Waals surface area contributed by atoms with E-state index in [1.807, 2.05) is 0 Å². The lowest BCUT2D eigenvalue weighted by atomic mass is 9.93. The molecule has 2 N–H and O–H groups in total. The summed E-state index contributed by atoms with van der Waals surface area (Å²) in [7, 11) is 0. The number of rotatable bonds is 7. The zero-order valence-corrected chi connectivity index (χ0v) is 17.8. The number of carbonyl (C=O) groups is 3. The Morgan fingerprint density at radius 2 is 1.74 bits per heavy atom. The molecule has 0 aromatic heterocycles. The predicted octanol–water partition coefficient (Wildman–Crippen LogP) is 2.27. The fourth-order valence-electron chi connectivity index (χ4n) is 3.91. The van der Waals surface area contributed by atoms with Crippen LogP contribution >= 0.6 is 0 Å². The lowest BCUT2D eigenvalue weighted by Crippen LogP contribution is -2.49. The Morgan fingerprint density at radius 3 is 2.35 bits per heavy atom. The van der Waals surface area contributed by atoms with Crippen LogP contribution in [0.3, 0.4) is 0 Å². The number of nitrogens with zero attached hydrogens (tertiary/aromatic N) is 1. The lowest BCUT2D eigenvalue weighted by molar-refractivity contribution is -0.149. The molecule has 2 aliphatic heterocycles. The second-order valence-corrected chi connectivity index (χ2v) is 7.50. The SMILES string of the molecule is CCOC(=O)C1=C(CN2CCC(C(=O)OCC)CC2)NC(=O)NC1c1ccc(F)cc1. The molecule has 9 heteroatoms. The van der Waals surface area contributed by atoms with Crippen LogP contribution in [0.25, 0.3) is 0 Å². The summed E-state index contributed by atoms with van der Waals surface area (Å²) < 4.78 is 23.7. The van der Waals surface area contributed by atoms with Gasteiger partial charge in [0, 0.05) is 12.2 Å². The molecule has 0 saturated carbocycles. The molecule has 0 spiro atoms. The van der Waals surface area contributed by atoms with Crippen LogP contribution in [0, 0.1) is 11.7 Å². The molecule has 1 unspecified atom stereocenters. The number of benzene rings is 1. The maximum absolute atomic E-state index is 13.4. The number of halogens is 1. The minimum atomic E-state index is -0.750. The van der Waals surface area contributed by atoms with E-state index in [9.17, 15) is 18.8 Å². The Morgan fingerprint density at radius 1 is 1.10 bits per heavy atom. The molecule has 3 rings (SSSR count). The lowest BCUT2D eigenvalue weighted by Gasteiger charge is -2.35. The van der Waals surface area contributed by atoms with E-state index in [2.05, 4.69) is 15.5 Å². The highest BCUT2D eigenvalue weighted by atomic mass is 19.1. The average Bonchev–Trinajstić information content (AvgIpc) is 2.74. The molecule has 168 valence electrons. The van der Waals surface area contributed by atoms with Crippen molar-refractivity contribution in [2.75, 3.05) is 32.8 Å². The van der Waals surface area contributed by atoms with Crippen molar-refractivity contribution in [3.05, 3.63) is 46.9 Å². The van der Waals surface area contributed by atoms with Crippen molar-refractivity contribution in [2.45, 2.75) is 32.7 Å². The molecule has 0 bridgehead atoms. The van der Waals surface area contributed by atoms with Crippen molar-refractivity contribution in [3.8, 4) is 0 Å². The largest absolute Gasteiger partial charge is 0.466 e. The highest BCUT2D eigenvalue weighted by Crippen LogP contribution is 2.29. The molecule has 0 radical (unpaired) electrons. The van der Waals surface area contributed by atoms with Crippen LogP contribution in [-0.4, -0.2) is 55.7 Å². The summed E-state index contributed by atoms with van der Waals surface area (Å²) in [6.45, 7) is 5.63. The number of nitrogens with one attached hydrogen (secondary N) is 2. The summed E-state index contributed by atoms with van der Waals surface area (Å²) in [6, 6.07) is 4.44. The number of piperidine rings is 1. The van der Waals surface area contributed by atoms with Gasteiger partial charge in [0.15, 0.2) is 0 Å². The predicted molar refractivity (Wildman–Crippen MR) is 110 cm³/mol. The van der Waals surface area contributed by atoms with Crippen LogP contribution < -0.4 is 10.6 Å². The second kappa shape index (κ2) is 10.4. The molecular weight excluding hydrogens is 405 g/mol. The van der Waals surface area contributed by atoms with Gasteiger partial charge < -0.3 is 20.1 Å². The van der Waals surface area contributed by atoms with E-state index in [1.165, 1.54) is 24.3 Å².